The molecule has 2 aliphatic heterocycles. The summed E-state index contributed by atoms with van der Waals surface area (Å²) >= 11 is 0. The molecule has 2 heterocycles. The minimum absolute atomic E-state index is 0.00814. The second-order valence-electron chi connectivity index (χ2n) is 10.4. The topological polar surface area (TPSA) is 77.5 Å². The van der Waals surface area contributed by atoms with Gasteiger partial charge in [-0.1, -0.05) is 60.7 Å². The Labute approximate surface area is 222 Å². The highest BCUT2D eigenvalue weighted by Gasteiger charge is 2.49. The standard InChI is InChI=1S/C31H33NO6/c1-35-14-15-37-24-12-10-21(11-13-24)31(34)16-22-18-36-19-23(17-31)32(22)30(33)38-20-29-27-8-4-2-6-25(27)26-7-3-5-9-28(26)29/h2-13,22-23,29,34H,14-20H2,1H3. The first-order valence-corrected chi connectivity index (χ1v) is 13.2. The fourth-order valence-electron chi connectivity index (χ4n) is 6.28. The second-order valence-corrected chi connectivity index (χ2v) is 10.4. The summed E-state index contributed by atoms with van der Waals surface area (Å²) in [6, 6.07) is 23.7. The molecule has 7 heteroatoms. The SMILES string of the molecule is COCCOc1ccc(C2(O)CC3COCC(C2)N3C(=O)OCC2c3ccccc3-c3ccccc32)cc1. The van der Waals surface area contributed by atoms with Gasteiger partial charge in [-0.25, -0.2) is 4.79 Å². The van der Waals surface area contributed by atoms with Gasteiger partial charge in [0.25, 0.3) is 0 Å². The molecule has 3 aromatic carbocycles. The van der Waals surface area contributed by atoms with Crippen LogP contribution in [0.1, 0.15) is 35.4 Å². The molecule has 0 saturated carbocycles. The number of rotatable bonds is 7. The van der Waals surface area contributed by atoms with E-state index >= 15 is 0 Å². The summed E-state index contributed by atoms with van der Waals surface area (Å²) in [5.74, 6) is 0.739. The van der Waals surface area contributed by atoms with Crippen molar-refractivity contribution in [2.75, 3.05) is 40.1 Å². The zero-order valence-electron chi connectivity index (χ0n) is 21.5. The van der Waals surface area contributed by atoms with E-state index in [-0.39, 0.29) is 30.7 Å². The maximum absolute atomic E-state index is 13.4. The molecule has 2 atom stereocenters. The Kier molecular flexibility index (Phi) is 6.82. The molecule has 2 fully saturated rings. The van der Waals surface area contributed by atoms with Crippen molar-refractivity contribution in [2.45, 2.75) is 36.4 Å². The lowest BCUT2D eigenvalue weighted by molar-refractivity contribution is -0.136. The van der Waals surface area contributed by atoms with Gasteiger partial charge in [0.15, 0.2) is 0 Å². The Hall–Kier alpha value is -3.39. The molecular formula is C31H33NO6. The molecule has 7 nitrogen and oxygen atoms in total. The number of morpholine rings is 1. The van der Waals surface area contributed by atoms with Gasteiger partial charge in [0.1, 0.15) is 19.0 Å². The number of carbonyl (C=O) groups is 1. The third-order valence-electron chi connectivity index (χ3n) is 8.05. The number of methoxy groups -OCH3 is 1. The summed E-state index contributed by atoms with van der Waals surface area (Å²) < 4.78 is 22.5. The number of ether oxygens (including phenoxy) is 4. The number of amides is 1. The molecule has 0 aromatic heterocycles. The van der Waals surface area contributed by atoms with Crippen molar-refractivity contribution < 1.29 is 28.8 Å². The number of hydrogen-bond acceptors (Lipinski definition) is 6. The van der Waals surface area contributed by atoms with E-state index in [1.54, 1.807) is 12.0 Å². The maximum Gasteiger partial charge on any atom is 0.410 e. The maximum atomic E-state index is 13.4. The van der Waals surface area contributed by atoms with Crippen LogP contribution < -0.4 is 4.74 Å². The third-order valence-corrected chi connectivity index (χ3v) is 8.05. The van der Waals surface area contributed by atoms with Crippen molar-refractivity contribution in [3.8, 4) is 16.9 Å². The Morgan fingerprint density at radius 1 is 0.921 bits per heavy atom. The summed E-state index contributed by atoms with van der Waals surface area (Å²) in [5, 5.41) is 11.7. The van der Waals surface area contributed by atoms with Crippen LogP contribution in [0.4, 0.5) is 4.79 Å². The largest absolute Gasteiger partial charge is 0.491 e. The van der Waals surface area contributed by atoms with Gasteiger partial charge in [-0.05, 0) is 39.9 Å². The first-order valence-electron chi connectivity index (χ1n) is 13.2. The minimum Gasteiger partial charge on any atom is -0.491 e. The van der Waals surface area contributed by atoms with Crippen LogP contribution in [0.25, 0.3) is 11.1 Å². The van der Waals surface area contributed by atoms with Gasteiger partial charge in [-0.15, -0.1) is 0 Å². The number of aliphatic hydroxyl groups is 1. The lowest BCUT2D eigenvalue weighted by atomic mass is 9.77. The van der Waals surface area contributed by atoms with E-state index in [1.165, 1.54) is 22.3 Å². The van der Waals surface area contributed by atoms with Crippen molar-refractivity contribution in [3.63, 3.8) is 0 Å². The minimum atomic E-state index is -1.05. The predicted octanol–water partition coefficient (Wildman–Crippen LogP) is 4.71. The molecule has 6 rings (SSSR count). The Bertz CT molecular complexity index is 1230. The van der Waals surface area contributed by atoms with Crippen LogP contribution in [0.3, 0.4) is 0 Å². The van der Waals surface area contributed by atoms with Crippen molar-refractivity contribution in [1.82, 2.24) is 4.90 Å². The van der Waals surface area contributed by atoms with Crippen LogP contribution in [0.2, 0.25) is 0 Å². The molecule has 0 radical (unpaired) electrons. The zero-order chi connectivity index (χ0) is 26.1. The lowest BCUT2D eigenvalue weighted by Crippen LogP contribution is -2.62. The molecule has 0 spiro atoms. The number of hydrogen-bond donors (Lipinski definition) is 1. The molecular weight excluding hydrogens is 482 g/mol. The van der Waals surface area contributed by atoms with Crippen LogP contribution >= 0.6 is 0 Å². The summed E-state index contributed by atoms with van der Waals surface area (Å²) in [6.07, 6.45) is 0.434. The highest BCUT2D eigenvalue weighted by atomic mass is 16.6. The molecule has 1 N–H and O–H groups in total. The normalized spacial score (nSPS) is 24.0. The van der Waals surface area contributed by atoms with E-state index in [0.717, 1.165) is 11.3 Å². The van der Waals surface area contributed by atoms with Crippen molar-refractivity contribution in [1.29, 1.82) is 0 Å². The number of benzene rings is 3. The van der Waals surface area contributed by atoms with Gasteiger partial charge >= 0.3 is 6.09 Å². The molecule has 1 amide bonds. The molecule has 3 aromatic rings. The van der Waals surface area contributed by atoms with E-state index in [2.05, 4.69) is 24.3 Å². The highest BCUT2D eigenvalue weighted by molar-refractivity contribution is 5.79. The van der Waals surface area contributed by atoms with Crippen molar-refractivity contribution in [3.05, 3.63) is 89.5 Å². The monoisotopic (exact) mass is 515 g/mol. The molecule has 2 unspecified atom stereocenters. The number of nitrogens with zero attached hydrogens (tertiary/aromatic N) is 1. The molecule has 198 valence electrons. The number of carbonyl (C=O) groups excluding carboxylic acids is 1. The summed E-state index contributed by atoms with van der Waals surface area (Å²) in [7, 11) is 1.64. The van der Waals surface area contributed by atoms with E-state index in [4.69, 9.17) is 18.9 Å². The first-order chi connectivity index (χ1) is 18.6. The van der Waals surface area contributed by atoms with Gasteiger partial charge in [-0.2, -0.15) is 0 Å². The molecule has 2 bridgehead atoms. The first kappa shape index (κ1) is 24.9. The van der Waals surface area contributed by atoms with Gasteiger partial charge in [0, 0.05) is 25.9 Å². The molecule has 38 heavy (non-hydrogen) atoms. The quantitative estimate of drug-likeness (QED) is 0.459. The Morgan fingerprint density at radius 2 is 1.53 bits per heavy atom. The van der Waals surface area contributed by atoms with Crippen molar-refractivity contribution >= 4 is 6.09 Å². The van der Waals surface area contributed by atoms with Crippen LogP contribution in [0.15, 0.2) is 72.8 Å². The Morgan fingerprint density at radius 3 is 2.13 bits per heavy atom. The van der Waals surface area contributed by atoms with E-state index in [1.807, 2.05) is 48.5 Å². The van der Waals surface area contributed by atoms with Crippen molar-refractivity contribution in [2.24, 2.45) is 0 Å². The average Bonchev–Trinajstić information content (AvgIpc) is 3.25. The third kappa shape index (κ3) is 4.55. The molecule has 1 aliphatic carbocycles. The second kappa shape index (κ2) is 10.4. The van der Waals surface area contributed by atoms with Gasteiger partial charge < -0.3 is 24.1 Å². The van der Waals surface area contributed by atoms with Crippen LogP contribution in [-0.4, -0.2) is 68.3 Å². The van der Waals surface area contributed by atoms with Crippen LogP contribution in [0, 0.1) is 0 Å². The lowest BCUT2D eigenvalue weighted by Gasteiger charge is -2.51. The zero-order valence-corrected chi connectivity index (χ0v) is 21.5. The van der Waals surface area contributed by atoms with Gasteiger partial charge in [-0.3, -0.25) is 4.90 Å². The van der Waals surface area contributed by atoms with E-state index in [0.29, 0.717) is 39.3 Å². The smallest absolute Gasteiger partial charge is 0.410 e. The fraction of sp³-hybridized carbons (Fsp3) is 0.387. The molecule has 2 saturated heterocycles. The summed E-state index contributed by atoms with van der Waals surface area (Å²) in [5.41, 5.74) is 4.55. The Balaban J connectivity index is 1.14. The molecule has 3 aliphatic rings. The van der Waals surface area contributed by atoms with Crippen LogP contribution in [-0.2, 0) is 19.8 Å². The fourth-order valence-corrected chi connectivity index (χ4v) is 6.28. The number of fused-ring (bicyclic) bond motifs is 5. The average molecular weight is 516 g/mol. The van der Waals surface area contributed by atoms with Crippen LogP contribution in [0.5, 0.6) is 5.75 Å². The van der Waals surface area contributed by atoms with Gasteiger partial charge in [0.05, 0.1) is 37.5 Å². The summed E-state index contributed by atoms with van der Waals surface area (Å²) in [6.45, 7) is 2.01. The predicted molar refractivity (Wildman–Crippen MR) is 142 cm³/mol. The highest BCUT2D eigenvalue weighted by Crippen LogP contribution is 2.45. The summed E-state index contributed by atoms with van der Waals surface area (Å²) in [4.78, 5) is 15.2. The number of piperidine rings is 1. The van der Waals surface area contributed by atoms with E-state index < -0.39 is 5.60 Å². The van der Waals surface area contributed by atoms with E-state index in [9.17, 15) is 9.90 Å². The van der Waals surface area contributed by atoms with Gasteiger partial charge in [0.2, 0.25) is 0 Å².